The number of rotatable bonds is 9. The first-order chi connectivity index (χ1) is 14.7. The number of aliphatic hydroxyl groups is 1. The van der Waals surface area contributed by atoms with E-state index in [4.69, 9.17) is 11.6 Å². The fourth-order valence-electron chi connectivity index (χ4n) is 3.42. The number of likely N-dealkylation sites (tertiary alicyclic amines) is 1. The summed E-state index contributed by atoms with van der Waals surface area (Å²) in [4.78, 5) is 14.5. The third kappa shape index (κ3) is 5.76. The Morgan fingerprint density at radius 3 is 2.58 bits per heavy atom. The summed E-state index contributed by atoms with van der Waals surface area (Å²) in [5.74, 6) is 0.573. The monoisotopic (exact) mass is 469 g/mol. The number of benzene rings is 1. The molecule has 0 bridgehead atoms. The molecular formula is C20H28ClN5O4S. The number of aryl methyl sites for hydroxylation is 2. The topological polar surface area (TPSA) is 117 Å². The third-order valence-electron chi connectivity index (χ3n) is 5.39. The molecule has 3 N–H and O–H groups in total. The number of urea groups is 1. The van der Waals surface area contributed by atoms with Gasteiger partial charge in [-0.1, -0.05) is 18.5 Å². The first-order valence-electron chi connectivity index (χ1n) is 10.2. The second-order valence-electron chi connectivity index (χ2n) is 7.65. The molecule has 0 saturated carbocycles. The Morgan fingerprint density at radius 2 is 2.00 bits per heavy atom. The summed E-state index contributed by atoms with van der Waals surface area (Å²) in [5.41, 5.74) is 0.873. The highest BCUT2D eigenvalue weighted by Crippen LogP contribution is 2.25. The lowest BCUT2D eigenvalue weighted by Crippen LogP contribution is -2.55. The smallest absolute Gasteiger partial charge is 0.320 e. The number of halogens is 1. The fraction of sp³-hybridized carbons (Fsp3) is 0.500. The summed E-state index contributed by atoms with van der Waals surface area (Å²) >= 11 is 5.83. The lowest BCUT2D eigenvalue weighted by Gasteiger charge is -2.39. The molecule has 0 aliphatic carbocycles. The number of anilines is 1. The normalized spacial score (nSPS) is 16.0. The van der Waals surface area contributed by atoms with Gasteiger partial charge in [-0.25, -0.2) is 13.2 Å². The fourth-order valence-corrected chi connectivity index (χ4v) is 5.26. The molecule has 1 fully saturated rings. The maximum absolute atomic E-state index is 12.7. The van der Waals surface area contributed by atoms with E-state index in [0.717, 1.165) is 12.1 Å². The molecule has 170 valence electrons. The van der Waals surface area contributed by atoms with E-state index in [2.05, 4.69) is 15.7 Å². The van der Waals surface area contributed by atoms with Crippen LogP contribution in [-0.2, 0) is 23.3 Å². The van der Waals surface area contributed by atoms with Gasteiger partial charge >= 0.3 is 6.03 Å². The molecule has 1 atom stereocenters. The minimum absolute atomic E-state index is 0.209. The molecule has 2 heterocycles. The zero-order valence-corrected chi connectivity index (χ0v) is 19.2. The van der Waals surface area contributed by atoms with Crippen molar-refractivity contribution in [3.8, 4) is 0 Å². The molecule has 1 aliphatic heterocycles. The Bertz CT molecular complexity index is 1000. The van der Waals surface area contributed by atoms with Gasteiger partial charge in [0.25, 0.3) is 0 Å². The van der Waals surface area contributed by atoms with E-state index in [-0.39, 0.29) is 11.5 Å². The molecule has 0 spiro atoms. The Kier molecular flexibility index (Phi) is 7.58. The molecule has 11 heteroatoms. The molecule has 2 aromatic rings. The van der Waals surface area contributed by atoms with Crippen LogP contribution in [0, 0.1) is 0 Å². The van der Waals surface area contributed by atoms with Crippen molar-refractivity contribution in [2.24, 2.45) is 7.05 Å². The van der Waals surface area contributed by atoms with E-state index in [1.165, 1.54) is 12.1 Å². The predicted molar refractivity (Wildman–Crippen MR) is 119 cm³/mol. The molecule has 0 radical (unpaired) electrons. The molecular weight excluding hydrogens is 442 g/mol. The maximum Gasteiger partial charge on any atom is 0.320 e. The highest BCUT2D eigenvalue weighted by atomic mass is 35.5. The molecule has 9 nitrogen and oxygen atoms in total. The van der Waals surface area contributed by atoms with Crippen LogP contribution >= 0.6 is 11.6 Å². The molecule has 0 unspecified atom stereocenters. The van der Waals surface area contributed by atoms with Crippen molar-refractivity contribution < 1.29 is 18.3 Å². The molecule has 1 aromatic carbocycles. The summed E-state index contributed by atoms with van der Waals surface area (Å²) in [6.07, 6.45) is 1.27. The number of nitrogens with one attached hydrogen (secondary N) is 2. The second-order valence-corrected chi connectivity index (χ2v) is 10.3. The number of sulfone groups is 1. The van der Waals surface area contributed by atoms with Gasteiger partial charge in [-0.15, -0.1) is 0 Å². The van der Waals surface area contributed by atoms with Crippen LogP contribution in [0.15, 0.2) is 35.2 Å². The molecule has 2 amide bonds. The quantitative estimate of drug-likeness (QED) is 0.514. The zero-order valence-electron chi connectivity index (χ0n) is 17.6. The first kappa shape index (κ1) is 23.5. The average molecular weight is 470 g/mol. The molecule has 1 aromatic heterocycles. The van der Waals surface area contributed by atoms with Gasteiger partial charge in [0, 0.05) is 37.8 Å². The van der Waals surface area contributed by atoms with E-state index in [1.807, 2.05) is 11.8 Å². The molecule has 1 aliphatic rings. The highest BCUT2D eigenvalue weighted by Gasteiger charge is 2.38. The third-order valence-corrected chi connectivity index (χ3v) is 7.75. The van der Waals surface area contributed by atoms with Crippen LogP contribution < -0.4 is 10.6 Å². The van der Waals surface area contributed by atoms with E-state index in [1.54, 1.807) is 29.9 Å². The molecule has 1 saturated heterocycles. The predicted octanol–water partition coefficient (Wildman–Crippen LogP) is 1.67. The van der Waals surface area contributed by atoms with Gasteiger partial charge in [0.15, 0.2) is 9.84 Å². The zero-order chi connectivity index (χ0) is 22.6. The minimum atomic E-state index is -3.39. The van der Waals surface area contributed by atoms with Crippen molar-refractivity contribution in [3.63, 3.8) is 0 Å². The van der Waals surface area contributed by atoms with Crippen LogP contribution in [-0.4, -0.2) is 71.8 Å². The van der Waals surface area contributed by atoms with Crippen LogP contribution in [0.5, 0.6) is 0 Å². The first-order valence-corrected chi connectivity index (χ1v) is 12.1. The van der Waals surface area contributed by atoms with Gasteiger partial charge < -0.3 is 15.3 Å². The van der Waals surface area contributed by atoms with Crippen molar-refractivity contribution >= 4 is 33.3 Å². The molecule has 3 rings (SSSR count). The van der Waals surface area contributed by atoms with Crippen LogP contribution in [0.3, 0.4) is 0 Å². The number of hydrogen-bond donors (Lipinski definition) is 3. The van der Waals surface area contributed by atoms with Crippen molar-refractivity contribution in [1.82, 2.24) is 20.0 Å². The number of carbonyl (C=O) groups excluding carboxylic acids is 1. The number of aromatic nitrogens is 2. The van der Waals surface area contributed by atoms with Crippen molar-refractivity contribution in [1.29, 1.82) is 0 Å². The van der Waals surface area contributed by atoms with Gasteiger partial charge in [0.05, 0.1) is 28.5 Å². The summed E-state index contributed by atoms with van der Waals surface area (Å²) in [6.45, 7) is 3.19. The summed E-state index contributed by atoms with van der Waals surface area (Å²) in [7, 11) is -1.64. The SMILES string of the molecule is CCc1cc(NC(=O)N[C@H](CO)CCN2CC(S(=O)(=O)c3ccc(Cl)cc3)C2)n(C)n1. The largest absolute Gasteiger partial charge is 0.394 e. The lowest BCUT2D eigenvalue weighted by molar-refractivity contribution is 0.160. The van der Waals surface area contributed by atoms with Crippen LogP contribution in [0.2, 0.25) is 5.02 Å². The van der Waals surface area contributed by atoms with Gasteiger partial charge in [-0.05, 0) is 37.1 Å². The second kappa shape index (κ2) is 9.99. The summed E-state index contributed by atoms with van der Waals surface area (Å²) < 4.78 is 26.9. The molecule has 31 heavy (non-hydrogen) atoms. The summed E-state index contributed by atoms with van der Waals surface area (Å²) in [5, 5.41) is 19.4. The van der Waals surface area contributed by atoms with E-state index in [0.29, 0.717) is 36.9 Å². The Balaban J connectivity index is 1.44. The van der Waals surface area contributed by atoms with Crippen molar-refractivity contribution in [3.05, 3.63) is 41.0 Å². The van der Waals surface area contributed by atoms with Gasteiger partial charge in [-0.3, -0.25) is 10.00 Å². The number of nitrogens with zero attached hydrogens (tertiary/aromatic N) is 3. The van der Waals surface area contributed by atoms with Gasteiger partial charge in [-0.2, -0.15) is 5.10 Å². The Labute approximate surface area is 187 Å². The number of amides is 2. The van der Waals surface area contributed by atoms with Crippen LogP contribution in [0.25, 0.3) is 0 Å². The van der Waals surface area contributed by atoms with Gasteiger partial charge in [0.1, 0.15) is 5.82 Å². The Morgan fingerprint density at radius 1 is 1.32 bits per heavy atom. The van der Waals surface area contributed by atoms with E-state index in [9.17, 15) is 18.3 Å². The maximum atomic E-state index is 12.7. The number of hydrogen-bond acceptors (Lipinski definition) is 6. The van der Waals surface area contributed by atoms with Crippen molar-refractivity contribution in [2.75, 3.05) is 31.6 Å². The van der Waals surface area contributed by atoms with E-state index >= 15 is 0 Å². The summed E-state index contributed by atoms with van der Waals surface area (Å²) in [6, 6.07) is 7.13. The number of aliphatic hydroxyl groups excluding tert-OH is 1. The van der Waals surface area contributed by atoms with Crippen LogP contribution in [0.1, 0.15) is 19.0 Å². The Hall–Kier alpha value is -2.14. The van der Waals surface area contributed by atoms with E-state index < -0.39 is 27.2 Å². The highest BCUT2D eigenvalue weighted by molar-refractivity contribution is 7.92. The van der Waals surface area contributed by atoms with Crippen molar-refractivity contribution in [2.45, 2.75) is 36.0 Å². The standard InChI is InChI=1S/C20H28ClN5O4S/c1-3-15-10-19(25(2)24-15)23-20(28)22-16(13-27)8-9-26-11-18(12-26)31(29,30)17-6-4-14(21)5-7-17/h4-7,10,16,18,27H,3,8-9,11-13H2,1-2H3,(H2,22,23,28)/t16-/m0/s1. The van der Waals surface area contributed by atoms with Crippen LogP contribution in [0.4, 0.5) is 10.6 Å². The average Bonchev–Trinajstić information content (AvgIpc) is 3.05. The minimum Gasteiger partial charge on any atom is -0.394 e. The van der Waals surface area contributed by atoms with Gasteiger partial charge in [0.2, 0.25) is 0 Å². The lowest BCUT2D eigenvalue weighted by atomic mass is 10.1. The number of carbonyl (C=O) groups is 1.